The fraction of sp³-hybridized carbons (Fsp3) is 0.897. The van der Waals surface area contributed by atoms with E-state index in [1.807, 2.05) is 0 Å². The van der Waals surface area contributed by atoms with Crippen molar-refractivity contribution < 1.29 is 23.9 Å². The van der Waals surface area contributed by atoms with Crippen molar-refractivity contribution >= 4 is 18.0 Å². The summed E-state index contributed by atoms with van der Waals surface area (Å²) in [4.78, 5) is 42.7. The lowest BCUT2D eigenvalue weighted by Gasteiger charge is -2.40. The van der Waals surface area contributed by atoms with Gasteiger partial charge in [0.1, 0.15) is 12.1 Å². The van der Waals surface area contributed by atoms with E-state index in [-0.39, 0.29) is 18.0 Å². The van der Waals surface area contributed by atoms with Crippen LogP contribution in [0.5, 0.6) is 0 Å². The molecule has 208 valence electrons. The smallest absolute Gasteiger partial charge is 0.410 e. The topological polar surface area (TPSA) is 76.2 Å². The van der Waals surface area contributed by atoms with Crippen LogP contribution >= 0.6 is 0 Å². The molecule has 0 aliphatic carbocycles. The monoisotopic (exact) mass is 508 g/mol. The predicted octanol–water partition coefficient (Wildman–Crippen LogP) is 6.62. The largest absolute Gasteiger partial charge is 0.464 e. The Morgan fingerprint density at radius 1 is 0.611 bits per heavy atom. The number of rotatable bonds is 16. The molecule has 7 nitrogen and oxygen atoms in total. The molecule has 0 aromatic rings. The van der Waals surface area contributed by atoms with Crippen molar-refractivity contribution in [2.45, 2.75) is 142 Å². The molecule has 0 aromatic carbocycles. The second-order valence-corrected chi connectivity index (χ2v) is 10.6. The summed E-state index contributed by atoms with van der Waals surface area (Å²) in [6.07, 6.45) is 18.0. The van der Waals surface area contributed by atoms with Gasteiger partial charge in [-0.3, -0.25) is 9.69 Å². The number of esters is 1. The van der Waals surface area contributed by atoms with Crippen molar-refractivity contribution in [3.63, 3.8) is 0 Å². The maximum absolute atomic E-state index is 13.6. The fourth-order valence-electron chi connectivity index (χ4n) is 5.31. The Morgan fingerprint density at radius 3 is 1.72 bits per heavy atom. The molecular formula is C29H52N2O5. The third kappa shape index (κ3) is 10.7. The standard InChI is InChI=1S/C29H52N2O5/c1-3-5-7-9-11-17-23-35-28(33)26-20-14-15-21-30(26)27(32)25-19-13-16-22-31(25)29(34)36-24-18-12-10-8-6-4-2/h25-26H,3-24H2,1-2H3. The van der Waals surface area contributed by atoms with Gasteiger partial charge in [-0.15, -0.1) is 0 Å². The molecule has 2 aliphatic rings. The number of carbonyl (C=O) groups excluding carboxylic acids is 3. The van der Waals surface area contributed by atoms with Gasteiger partial charge in [0.15, 0.2) is 0 Å². The summed E-state index contributed by atoms with van der Waals surface area (Å²) in [6, 6.07) is -1.07. The first-order valence-electron chi connectivity index (χ1n) is 15.0. The maximum Gasteiger partial charge on any atom is 0.410 e. The van der Waals surface area contributed by atoms with Gasteiger partial charge in [-0.05, 0) is 51.4 Å². The highest BCUT2D eigenvalue weighted by Gasteiger charge is 2.41. The summed E-state index contributed by atoms with van der Waals surface area (Å²) in [6.45, 7) is 6.30. The van der Waals surface area contributed by atoms with Crippen LogP contribution in [0.2, 0.25) is 0 Å². The first kappa shape index (κ1) is 30.4. The van der Waals surface area contributed by atoms with Gasteiger partial charge in [-0.2, -0.15) is 0 Å². The third-order valence-corrected chi connectivity index (χ3v) is 7.55. The molecule has 2 saturated heterocycles. The highest BCUT2D eigenvalue weighted by Crippen LogP contribution is 2.25. The quantitative estimate of drug-likeness (QED) is 0.173. The molecule has 0 N–H and O–H groups in total. The molecule has 0 spiro atoms. The molecule has 2 fully saturated rings. The first-order chi connectivity index (χ1) is 17.6. The molecule has 2 rings (SSSR count). The van der Waals surface area contributed by atoms with Crippen LogP contribution in [-0.4, -0.2) is 66.2 Å². The number of amides is 2. The van der Waals surface area contributed by atoms with Crippen LogP contribution in [-0.2, 0) is 19.1 Å². The van der Waals surface area contributed by atoms with Crippen LogP contribution < -0.4 is 0 Å². The van der Waals surface area contributed by atoms with Gasteiger partial charge in [0.2, 0.25) is 5.91 Å². The Bertz CT molecular complexity index is 589. The average Bonchev–Trinajstić information content (AvgIpc) is 2.91. The molecule has 0 radical (unpaired) electrons. The zero-order valence-corrected chi connectivity index (χ0v) is 23.1. The zero-order chi connectivity index (χ0) is 26.0. The molecule has 2 unspecified atom stereocenters. The molecule has 7 heteroatoms. The lowest BCUT2D eigenvalue weighted by molar-refractivity contribution is -0.159. The van der Waals surface area contributed by atoms with Gasteiger partial charge >= 0.3 is 12.1 Å². The van der Waals surface area contributed by atoms with Gasteiger partial charge in [0, 0.05) is 13.1 Å². The van der Waals surface area contributed by atoms with Crippen LogP contribution in [0.4, 0.5) is 4.79 Å². The van der Waals surface area contributed by atoms with Crippen molar-refractivity contribution in [2.75, 3.05) is 26.3 Å². The van der Waals surface area contributed by atoms with Crippen molar-refractivity contribution in [1.29, 1.82) is 0 Å². The van der Waals surface area contributed by atoms with E-state index in [4.69, 9.17) is 9.47 Å². The van der Waals surface area contributed by atoms with Gasteiger partial charge in [-0.1, -0.05) is 78.1 Å². The number of carbonyl (C=O) groups is 3. The number of ether oxygens (including phenoxy) is 2. The summed E-state index contributed by atoms with van der Waals surface area (Å²) < 4.78 is 11.1. The van der Waals surface area contributed by atoms with E-state index in [0.29, 0.717) is 39.1 Å². The van der Waals surface area contributed by atoms with E-state index in [1.165, 1.54) is 51.4 Å². The summed E-state index contributed by atoms with van der Waals surface area (Å²) in [5, 5.41) is 0. The van der Waals surface area contributed by atoms with E-state index in [0.717, 1.165) is 51.4 Å². The Balaban J connectivity index is 1.83. The van der Waals surface area contributed by atoms with Crippen LogP contribution in [0.3, 0.4) is 0 Å². The van der Waals surface area contributed by atoms with Crippen molar-refractivity contribution in [1.82, 2.24) is 9.80 Å². The molecule has 36 heavy (non-hydrogen) atoms. The Kier molecular flexibility index (Phi) is 15.6. The number of likely N-dealkylation sites (tertiary alicyclic amines) is 2. The fourth-order valence-corrected chi connectivity index (χ4v) is 5.31. The van der Waals surface area contributed by atoms with Gasteiger partial charge in [0.05, 0.1) is 13.2 Å². The van der Waals surface area contributed by atoms with Crippen LogP contribution in [0, 0.1) is 0 Å². The van der Waals surface area contributed by atoms with Gasteiger partial charge in [0.25, 0.3) is 0 Å². The molecule has 0 aromatic heterocycles. The van der Waals surface area contributed by atoms with E-state index in [2.05, 4.69) is 13.8 Å². The summed E-state index contributed by atoms with van der Waals surface area (Å²) in [7, 11) is 0. The van der Waals surface area contributed by atoms with Crippen LogP contribution in [0.25, 0.3) is 0 Å². The van der Waals surface area contributed by atoms with Crippen LogP contribution in [0.1, 0.15) is 129 Å². The SMILES string of the molecule is CCCCCCCCOC(=O)C1CCCCN1C(=O)C1CCCCN1C(=O)OCCCCCCCC. The van der Waals surface area contributed by atoms with E-state index in [1.54, 1.807) is 9.80 Å². The maximum atomic E-state index is 13.6. The van der Waals surface area contributed by atoms with Crippen molar-refractivity contribution in [3.05, 3.63) is 0 Å². The predicted molar refractivity (Wildman–Crippen MR) is 143 cm³/mol. The molecular weight excluding hydrogens is 456 g/mol. The highest BCUT2D eigenvalue weighted by atomic mass is 16.6. The lowest BCUT2D eigenvalue weighted by atomic mass is 9.97. The molecule has 2 atom stereocenters. The second-order valence-electron chi connectivity index (χ2n) is 10.6. The lowest BCUT2D eigenvalue weighted by Crippen LogP contribution is -2.58. The highest BCUT2D eigenvalue weighted by molar-refractivity contribution is 5.90. The summed E-state index contributed by atoms with van der Waals surface area (Å²) in [5.74, 6) is -0.406. The molecule has 2 amide bonds. The van der Waals surface area contributed by atoms with E-state index < -0.39 is 12.1 Å². The van der Waals surface area contributed by atoms with Gasteiger partial charge in [-0.25, -0.2) is 9.59 Å². The van der Waals surface area contributed by atoms with E-state index >= 15 is 0 Å². The second kappa shape index (κ2) is 18.5. The number of piperidine rings is 2. The Labute approximate surface area is 219 Å². The normalized spacial score (nSPS) is 20.3. The van der Waals surface area contributed by atoms with Crippen LogP contribution in [0.15, 0.2) is 0 Å². The van der Waals surface area contributed by atoms with Gasteiger partial charge < -0.3 is 14.4 Å². The zero-order valence-electron chi connectivity index (χ0n) is 23.1. The molecule has 2 heterocycles. The number of nitrogens with zero attached hydrogens (tertiary/aromatic N) is 2. The minimum atomic E-state index is -0.539. The number of hydrogen-bond donors (Lipinski definition) is 0. The Morgan fingerprint density at radius 2 is 1.11 bits per heavy atom. The minimum Gasteiger partial charge on any atom is -0.464 e. The number of hydrogen-bond acceptors (Lipinski definition) is 5. The van der Waals surface area contributed by atoms with E-state index in [9.17, 15) is 14.4 Å². The van der Waals surface area contributed by atoms with Crippen molar-refractivity contribution in [3.8, 4) is 0 Å². The third-order valence-electron chi connectivity index (χ3n) is 7.55. The first-order valence-corrected chi connectivity index (χ1v) is 15.0. The average molecular weight is 509 g/mol. The number of unbranched alkanes of at least 4 members (excludes halogenated alkanes) is 10. The Hall–Kier alpha value is -1.79. The molecule has 0 bridgehead atoms. The molecule has 0 saturated carbocycles. The summed E-state index contributed by atoms with van der Waals surface area (Å²) >= 11 is 0. The molecule has 2 aliphatic heterocycles. The van der Waals surface area contributed by atoms with Crippen molar-refractivity contribution in [2.24, 2.45) is 0 Å². The minimum absolute atomic E-state index is 0.118. The summed E-state index contributed by atoms with van der Waals surface area (Å²) in [5.41, 5.74) is 0.